The predicted octanol–water partition coefficient (Wildman–Crippen LogP) is 3.41. The number of carbonyl (C=O) groups is 2. The molecule has 1 heterocycles. The molecule has 148 valence electrons. The van der Waals surface area contributed by atoms with Crippen molar-refractivity contribution in [2.75, 3.05) is 18.9 Å². The molecule has 0 spiro atoms. The molecule has 0 aliphatic carbocycles. The minimum atomic E-state index is -0.267. The number of amides is 2. The molecule has 2 aromatic carbocycles. The van der Waals surface area contributed by atoms with Gasteiger partial charge in [0, 0.05) is 24.7 Å². The van der Waals surface area contributed by atoms with Gasteiger partial charge in [-0.3, -0.25) is 14.5 Å². The van der Waals surface area contributed by atoms with Gasteiger partial charge in [-0.2, -0.15) is 0 Å². The third-order valence-corrected chi connectivity index (χ3v) is 4.96. The van der Waals surface area contributed by atoms with Gasteiger partial charge in [0.2, 0.25) is 11.8 Å². The number of likely N-dealkylation sites (N-methyl/N-ethyl adjacent to an activating group) is 1. The van der Waals surface area contributed by atoms with Crippen LogP contribution in [0.2, 0.25) is 0 Å². The summed E-state index contributed by atoms with van der Waals surface area (Å²) in [6.45, 7) is 2.61. The highest BCUT2D eigenvalue weighted by Crippen LogP contribution is 2.23. The lowest BCUT2D eigenvalue weighted by Gasteiger charge is -2.36. The normalized spacial score (nSPS) is 19.6. The lowest BCUT2D eigenvalue weighted by atomic mass is 9.96. The van der Waals surface area contributed by atoms with Gasteiger partial charge in [0.05, 0.1) is 6.04 Å². The quantitative estimate of drug-likeness (QED) is 0.805. The average Bonchev–Trinajstić information content (AvgIpc) is 2.71. The maximum absolute atomic E-state index is 12.8. The van der Waals surface area contributed by atoms with E-state index in [2.05, 4.69) is 10.6 Å². The number of ether oxygens (including phenoxy) is 1. The maximum Gasteiger partial charge on any atom is 0.241 e. The van der Waals surface area contributed by atoms with Crippen molar-refractivity contribution in [1.82, 2.24) is 10.2 Å². The summed E-state index contributed by atoms with van der Waals surface area (Å²) >= 11 is 0. The Bertz CT molecular complexity index is 792. The largest absolute Gasteiger partial charge is 0.457 e. The first kappa shape index (κ1) is 19.9. The van der Waals surface area contributed by atoms with E-state index in [1.807, 2.05) is 73.5 Å². The fourth-order valence-corrected chi connectivity index (χ4v) is 3.31. The van der Waals surface area contributed by atoms with Gasteiger partial charge in [-0.15, -0.1) is 0 Å². The fourth-order valence-electron chi connectivity index (χ4n) is 3.31. The molecule has 1 fully saturated rings. The van der Waals surface area contributed by atoms with Crippen LogP contribution in [0.25, 0.3) is 0 Å². The molecule has 2 amide bonds. The SMILES string of the molecule is CCC(=O)N[C@H]1CCN(C)[C@H](C(=O)Nc2ccc(Oc3ccccc3)cc2)C1. The number of hydrogen-bond acceptors (Lipinski definition) is 4. The van der Waals surface area contributed by atoms with Crippen LogP contribution in [0.15, 0.2) is 54.6 Å². The lowest BCUT2D eigenvalue weighted by molar-refractivity contribution is -0.125. The van der Waals surface area contributed by atoms with Crippen molar-refractivity contribution in [1.29, 1.82) is 0 Å². The molecule has 2 N–H and O–H groups in total. The van der Waals surface area contributed by atoms with Gasteiger partial charge in [-0.25, -0.2) is 0 Å². The van der Waals surface area contributed by atoms with Gasteiger partial charge in [0.1, 0.15) is 11.5 Å². The van der Waals surface area contributed by atoms with E-state index in [0.29, 0.717) is 18.6 Å². The summed E-state index contributed by atoms with van der Waals surface area (Å²) in [4.78, 5) is 26.5. The first-order chi connectivity index (χ1) is 13.5. The van der Waals surface area contributed by atoms with E-state index >= 15 is 0 Å². The van der Waals surface area contributed by atoms with Crippen LogP contribution in [-0.4, -0.2) is 42.4 Å². The first-order valence-corrected chi connectivity index (χ1v) is 9.68. The van der Waals surface area contributed by atoms with Gasteiger partial charge in [0.15, 0.2) is 0 Å². The van der Waals surface area contributed by atoms with E-state index in [1.54, 1.807) is 0 Å². The maximum atomic E-state index is 12.8. The highest BCUT2D eigenvalue weighted by Gasteiger charge is 2.31. The monoisotopic (exact) mass is 381 g/mol. The van der Waals surface area contributed by atoms with Crippen LogP contribution in [0.1, 0.15) is 26.2 Å². The molecular formula is C22H27N3O3. The Morgan fingerprint density at radius 2 is 1.75 bits per heavy atom. The zero-order chi connectivity index (χ0) is 19.9. The molecule has 1 aliphatic heterocycles. The first-order valence-electron chi connectivity index (χ1n) is 9.68. The molecule has 3 rings (SSSR count). The Morgan fingerprint density at radius 1 is 1.07 bits per heavy atom. The van der Waals surface area contributed by atoms with Crippen LogP contribution < -0.4 is 15.4 Å². The van der Waals surface area contributed by atoms with E-state index < -0.39 is 0 Å². The lowest BCUT2D eigenvalue weighted by Crippen LogP contribution is -2.52. The number of hydrogen-bond donors (Lipinski definition) is 2. The van der Waals surface area contributed by atoms with E-state index in [-0.39, 0.29) is 23.9 Å². The molecule has 0 unspecified atom stereocenters. The van der Waals surface area contributed by atoms with E-state index in [9.17, 15) is 9.59 Å². The molecule has 2 aromatic rings. The van der Waals surface area contributed by atoms with E-state index in [0.717, 1.165) is 24.4 Å². The molecule has 2 atom stereocenters. The van der Waals surface area contributed by atoms with Crippen molar-refractivity contribution >= 4 is 17.5 Å². The smallest absolute Gasteiger partial charge is 0.241 e. The number of para-hydroxylation sites is 1. The Balaban J connectivity index is 1.57. The second kappa shape index (κ2) is 9.37. The fraction of sp³-hybridized carbons (Fsp3) is 0.364. The van der Waals surface area contributed by atoms with Crippen molar-refractivity contribution in [3.05, 3.63) is 54.6 Å². The zero-order valence-electron chi connectivity index (χ0n) is 16.4. The van der Waals surface area contributed by atoms with Crippen LogP contribution in [0, 0.1) is 0 Å². The minimum absolute atomic E-state index is 0.0303. The number of rotatable bonds is 6. The topological polar surface area (TPSA) is 70.7 Å². The molecular weight excluding hydrogens is 354 g/mol. The number of piperidine rings is 1. The number of benzene rings is 2. The Kier molecular flexibility index (Phi) is 6.66. The van der Waals surface area contributed by atoms with Crippen molar-refractivity contribution in [3.63, 3.8) is 0 Å². The molecule has 6 nitrogen and oxygen atoms in total. The van der Waals surface area contributed by atoms with Gasteiger partial charge >= 0.3 is 0 Å². The van der Waals surface area contributed by atoms with Crippen LogP contribution in [-0.2, 0) is 9.59 Å². The summed E-state index contributed by atoms with van der Waals surface area (Å²) in [6.07, 6.45) is 1.93. The van der Waals surface area contributed by atoms with Gasteiger partial charge in [-0.05, 0) is 56.3 Å². The summed E-state index contributed by atoms with van der Waals surface area (Å²) in [5.74, 6) is 1.45. The molecule has 6 heteroatoms. The Hall–Kier alpha value is -2.86. The molecule has 0 bridgehead atoms. The van der Waals surface area contributed by atoms with Crippen LogP contribution in [0.4, 0.5) is 5.69 Å². The Morgan fingerprint density at radius 3 is 2.43 bits per heavy atom. The van der Waals surface area contributed by atoms with Crippen LogP contribution >= 0.6 is 0 Å². The summed E-state index contributed by atoms with van der Waals surface area (Å²) in [6, 6.07) is 16.6. The summed E-state index contributed by atoms with van der Waals surface area (Å²) < 4.78 is 5.77. The number of likely N-dealkylation sites (tertiary alicyclic amines) is 1. The van der Waals surface area contributed by atoms with Crippen molar-refractivity contribution < 1.29 is 14.3 Å². The van der Waals surface area contributed by atoms with Gasteiger partial charge in [0.25, 0.3) is 0 Å². The van der Waals surface area contributed by atoms with Crippen molar-refractivity contribution in [2.24, 2.45) is 0 Å². The van der Waals surface area contributed by atoms with Crippen LogP contribution in [0.3, 0.4) is 0 Å². The van der Waals surface area contributed by atoms with E-state index in [1.165, 1.54) is 0 Å². The third kappa shape index (κ3) is 5.33. The standard InChI is InChI=1S/C22H27N3O3/c1-3-21(26)23-17-13-14-25(2)20(15-17)22(27)24-16-9-11-19(12-10-16)28-18-7-5-4-6-8-18/h4-12,17,20H,3,13-15H2,1-2H3,(H,23,26)(H,24,27)/t17-,20-/m0/s1. The van der Waals surface area contributed by atoms with Crippen molar-refractivity contribution in [3.8, 4) is 11.5 Å². The summed E-state index contributed by atoms with van der Waals surface area (Å²) in [5, 5.41) is 5.98. The molecule has 0 saturated carbocycles. The molecule has 0 aromatic heterocycles. The highest BCUT2D eigenvalue weighted by atomic mass is 16.5. The zero-order valence-corrected chi connectivity index (χ0v) is 16.4. The average molecular weight is 381 g/mol. The molecule has 0 radical (unpaired) electrons. The Labute approximate surface area is 165 Å². The molecule has 1 saturated heterocycles. The minimum Gasteiger partial charge on any atom is -0.457 e. The second-order valence-corrected chi connectivity index (χ2v) is 7.07. The van der Waals surface area contributed by atoms with Crippen LogP contribution in [0.5, 0.6) is 11.5 Å². The van der Waals surface area contributed by atoms with E-state index in [4.69, 9.17) is 4.74 Å². The number of anilines is 1. The van der Waals surface area contributed by atoms with Gasteiger partial charge in [-0.1, -0.05) is 25.1 Å². The number of nitrogens with one attached hydrogen (secondary N) is 2. The number of carbonyl (C=O) groups excluding carboxylic acids is 2. The second-order valence-electron chi connectivity index (χ2n) is 7.07. The molecule has 1 aliphatic rings. The third-order valence-electron chi connectivity index (χ3n) is 4.96. The highest BCUT2D eigenvalue weighted by molar-refractivity contribution is 5.95. The number of nitrogens with zero attached hydrogens (tertiary/aromatic N) is 1. The van der Waals surface area contributed by atoms with Crippen molar-refractivity contribution in [2.45, 2.75) is 38.3 Å². The molecule has 28 heavy (non-hydrogen) atoms. The summed E-state index contributed by atoms with van der Waals surface area (Å²) in [5.41, 5.74) is 0.721. The summed E-state index contributed by atoms with van der Waals surface area (Å²) in [7, 11) is 1.94. The predicted molar refractivity (Wildman–Crippen MR) is 109 cm³/mol. The van der Waals surface area contributed by atoms with Gasteiger partial charge < -0.3 is 15.4 Å².